The molecule has 0 saturated carbocycles. The van der Waals surface area contributed by atoms with Crippen LogP contribution in [0, 0.1) is 11.3 Å². The first kappa shape index (κ1) is 16.9. The second-order valence-corrected chi connectivity index (χ2v) is 7.74. The van der Waals surface area contributed by atoms with E-state index in [0.29, 0.717) is 25.7 Å². The van der Waals surface area contributed by atoms with Crippen LogP contribution in [-0.4, -0.2) is 43.5 Å². The summed E-state index contributed by atoms with van der Waals surface area (Å²) in [5, 5.41) is 12.0. The van der Waals surface area contributed by atoms with Crippen molar-refractivity contribution >= 4 is 21.7 Å². The Morgan fingerprint density at radius 2 is 1.70 bits per heavy atom. The molecule has 1 heterocycles. The third kappa shape index (κ3) is 3.94. The molecule has 1 amide bonds. The molecular formula is C13H23NO5S. The van der Waals surface area contributed by atoms with Crippen molar-refractivity contribution in [3.63, 3.8) is 0 Å². The van der Waals surface area contributed by atoms with Crippen LogP contribution in [0.2, 0.25) is 0 Å². The predicted molar refractivity (Wildman–Crippen MR) is 75.0 cm³/mol. The molecule has 0 aromatic carbocycles. The molecule has 20 heavy (non-hydrogen) atoms. The molecule has 2 N–H and O–H groups in total. The van der Waals surface area contributed by atoms with Gasteiger partial charge in [-0.15, -0.1) is 0 Å². The Hall–Kier alpha value is -1.11. The van der Waals surface area contributed by atoms with Crippen LogP contribution in [0.5, 0.6) is 0 Å². The number of carbonyl (C=O) groups is 2. The fraction of sp³-hybridized carbons (Fsp3) is 0.846. The number of carboxylic acid groups (broad SMARTS) is 1. The first-order valence-corrected chi connectivity index (χ1v) is 8.80. The fourth-order valence-electron chi connectivity index (χ4n) is 2.43. The van der Waals surface area contributed by atoms with Gasteiger partial charge in [0.05, 0.1) is 16.9 Å². The van der Waals surface area contributed by atoms with Crippen molar-refractivity contribution in [2.45, 2.75) is 39.5 Å². The number of rotatable bonds is 6. The minimum Gasteiger partial charge on any atom is -0.481 e. The highest BCUT2D eigenvalue weighted by Crippen LogP contribution is 2.26. The summed E-state index contributed by atoms with van der Waals surface area (Å²) < 4.78 is 22.6. The van der Waals surface area contributed by atoms with Gasteiger partial charge < -0.3 is 10.4 Å². The van der Waals surface area contributed by atoms with Gasteiger partial charge in [-0.25, -0.2) is 8.42 Å². The van der Waals surface area contributed by atoms with Gasteiger partial charge in [0.15, 0.2) is 0 Å². The van der Waals surface area contributed by atoms with E-state index in [1.165, 1.54) is 0 Å². The van der Waals surface area contributed by atoms with Gasteiger partial charge in [-0.1, -0.05) is 13.8 Å². The lowest BCUT2D eigenvalue weighted by molar-refractivity contribution is -0.149. The topological polar surface area (TPSA) is 101 Å². The minimum absolute atomic E-state index is 0.0384. The Balaban J connectivity index is 2.57. The number of hydrogen-bond donors (Lipinski definition) is 2. The third-order valence-corrected chi connectivity index (χ3v) is 6.05. The van der Waals surface area contributed by atoms with E-state index < -0.39 is 21.2 Å². The summed E-state index contributed by atoms with van der Waals surface area (Å²) >= 11 is 0. The van der Waals surface area contributed by atoms with Crippen molar-refractivity contribution in [2.24, 2.45) is 11.3 Å². The van der Waals surface area contributed by atoms with Gasteiger partial charge in [-0.3, -0.25) is 9.59 Å². The molecule has 7 heteroatoms. The summed E-state index contributed by atoms with van der Waals surface area (Å²) in [7, 11) is -2.99. The molecule has 0 bridgehead atoms. The molecule has 1 aliphatic heterocycles. The number of hydrogen-bond acceptors (Lipinski definition) is 4. The van der Waals surface area contributed by atoms with E-state index in [-0.39, 0.29) is 29.9 Å². The van der Waals surface area contributed by atoms with Crippen molar-refractivity contribution in [2.75, 3.05) is 18.1 Å². The quantitative estimate of drug-likeness (QED) is 0.756. The van der Waals surface area contributed by atoms with Gasteiger partial charge in [0.2, 0.25) is 5.91 Å². The average molecular weight is 305 g/mol. The minimum atomic E-state index is -2.99. The smallest absolute Gasteiger partial charge is 0.311 e. The highest BCUT2D eigenvalue weighted by Gasteiger charge is 2.36. The summed E-state index contributed by atoms with van der Waals surface area (Å²) in [6, 6.07) is 0. The van der Waals surface area contributed by atoms with Crippen LogP contribution in [0.1, 0.15) is 39.5 Å². The molecule has 0 aromatic heterocycles. The number of amides is 1. The highest BCUT2D eigenvalue weighted by atomic mass is 32.2. The molecule has 0 aliphatic carbocycles. The summed E-state index contributed by atoms with van der Waals surface area (Å²) in [5.41, 5.74) is -0.934. The Kier molecular flexibility index (Phi) is 5.56. The average Bonchev–Trinajstić information content (AvgIpc) is 2.39. The van der Waals surface area contributed by atoms with E-state index in [1.54, 1.807) is 13.8 Å². The molecule has 0 spiro atoms. The van der Waals surface area contributed by atoms with E-state index in [0.717, 1.165) is 0 Å². The van der Waals surface area contributed by atoms with Crippen molar-refractivity contribution in [1.82, 2.24) is 5.32 Å². The van der Waals surface area contributed by atoms with Crippen LogP contribution in [0.15, 0.2) is 0 Å². The number of carbonyl (C=O) groups excluding carboxylic acids is 1. The van der Waals surface area contributed by atoms with Crippen LogP contribution in [0.4, 0.5) is 0 Å². The van der Waals surface area contributed by atoms with Crippen molar-refractivity contribution in [3.8, 4) is 0 Å². The highest BCUT2D eigenvalue weighted by molar-refractivity contribution is 7.91. The van der Waals surface area contributed by atoms with Crippen LogP contribution < -0.4 is 5.32 Å². The van der Waals surface area contributed by atoms with Crippen LogP contribution in [-0.2, 0) is 19.4 Å². The molecule has 6 nitrogen and oxygen atoms in total. The zero-order chi connectivity index (χ0) is 15.4. The molecule has 1 fully saturated rings. The number of carboxylic acids is 1. The molecule has 116 valence electrons. The van der Waals surface area contributed by atoms with Crippen molar-refractivity contribution in [3.05, 3.63) is 0 Å². The Bertz CT molecular complexity index is 453. The van der Waals surface area contributed by atoms with Gasteiger partial charge in [0.1, 0.15) is 9.84 Å². The van der Waals surface area contributed by atoms with Crippen molar-refractivity contribution < 1.29 is 23.1 Å². The monoisotopic (exact) mass is 305 g/mol. The number of aliphatic carboxylic acids is 1. The van der Waals surface area contributed by atoms with Gasteiger partial charge in [-0.2, -0.15) is 0 Å². The van der Waals surface area contributed by atoms with Crippen LogP contribution in [0.25, 0.3) is 0 Å². The lowest BCUT2D eigenvalue weighted by Crippen LogP contribution is -2.45. The van der Waals surface area contributed by atoms with Gasteiger partial charge in [-0.05, 0) is 25.7 Å². The Morgan fingerprint density at radius 3 is 2.10 bits per heavy atom. The van der Waals surface area contributed by atoms with E-state index in [9.17, 15) is 23.1 Å². The standard InChI is InChI=1S/C13H23NO5S/c1-3-13(4-2,12(16)17)9-14-11(15)10-5-7-20(18,19)8-6-10/h10H,3-9H2,1-2H3,(H,14,15)(H,16,17). The summed E-state index contributed by atoms with van der Waals surface area (Å²) in [6.07, 6.45) is 1.54. The molecule has 1 aliphatic rings. The molecule has 1 saturated heterocycles. The maximum absolute atomic E-state index is 12.0. The van der Waals surface area contributed by atoms with Crippen LogP contribution >= 0.6 is 0 Å². The second kappa shape index (κ2) is 6.56. The fourth-order valence-corrected chi connectivity index (χ4v) is 3.92. The molecular weight excluding hydrogens is 282 g/mol. The molecule has 1 rings (SSSR count). The molecule has 0 aromatic rings. The predicted octanol–water partition coefficient (Wildman–Crippen LogP) is 0.818. The zero-order valence-electron chi connectivity index (χ0n) is 12.0. The largest absolute Gasteiger partial charge is 0.481 e. The first-order valence-electron chi connectivity index (χ1n) is 6.98. The van der Waals surface area contributed by atoms with Crippen LogP contribution in [0.3, 0.4) is 0 Å². The number of nitrogens with one attached hydrogen (secondary N) is 1. The maximum atomic E-state index is 12.0. The molecule has 0 unspecified atom stereocenters. The van der Waals surface area contributed by atoms with Crippen molar-refractivity contribution in [1.29, 1.82) is 0 Å². The summed E-state index contributed by atoms with van der Waals surface area (Å²) in [6.45, 7) is 3.67. The van der Waals surface area contributed by atoms with E-state index >= 15 is 0 Å². The lowest BCUT2D eigenvalue weighted by atomic mass is 9.82. The van der Waals surface area contributed by atoms with E-state index in [2.05, 4.69) is 5.32 Å². The SMILES string of the molecule is CCC(CC)(CNC(=O)C1CCS(=O)(=O)CC1)C(=O)O. The normalized spacial score (nSPS) is 19.5. The van der Waals surface area contributed by atoms with E-state index in [4.69, 9.17) is 0 Å². The second-order valence-electron chi connectivity index (χ2n) is 5.44. The van der Waals surface area contributed by atoms with Gasteiger partial charge in [0, 0.05) is 12.5 Å². The lowest BCUT2D eigenvalue weighted by Gasteiger charge is -2.28. The zero-order valence-corrected chi connectivity index (χ0v) is 12.8. The van der Waals surface area contributed by atoms with Gasteiger partial charge in [0.25, 0.3) is 0 Å². The van der Waals surface area contributed by atoms with Gasteiger partial charge >= 0.3 is 5.97 Å². The summed E-state index contributed by atoms with van der Waals surface area (Å²) in [4.78, 5) is 23.3. The maximum Gasteiger partial charge on any atom is 0.311 e. The number of sulfone groups is 1. The molecule has 0 radical (unpaired) electrons. The van der Waals surface area contributed by atoms with E-state index in [1.807, 2.05) is 0 Å². The molecule has 0 atom stereocenters. The Labute approximate surface area is 119 Å². The first-order chi connectivity index (χ1) is 9.26. The third-order valence-electron chi connectivity index (χ3n) is 4.33. The summed E-state index contributed by atoms with van der Waals surface area (Å²) in [5.74, 6) is -1.38. The Morgan fingerprint density at radius 1 is 1.20 bits per heavy atom.